The molecule has 1 fully saturated rings. The summed E-state index contributed by atoms with van der Waals surface area (Å²) in [6.45, 7) is 7.32. The molecular formula is C17H21NO3S2. The molecule has 0 spiro atoms. The third-order valence-electron chi connectivity index (χ3n) is 3.25. The normalized spacial score (nSPS) is 16.6. The standard InChI is InChI=1S/C17H21NO3S2/c1-5-18-16(19)15(23-17(18)22)9-12-6-7-13(14(8-12)20-4)21-10-11(2)3/h6-9,11H,5,10H2,1-4H3/b15-9+. The molecule has 0 unspecified atom stereocenters. The van der Waals surface area contributed by atoms with Crippen LogP contribution in [0.1, 0.15) is 26.3 Å². The van der Waals surface area contributed by atoms with Gasteiger partial charge in [0, 0.05) is 6.54 Å². The number of thiocarbonyl (C=S) groups is 1. The zero-order chi connectivity index (χ0) is 17.0. The molecule has 1 heterocycles. The van der Waals surface area contributed by atoms with E-state index >= 15 is 0 Å². The summed E-state index contributed by atoms with van der Waals surface area (Å²) in [7, 11) is 1.61. The van der Waals surface area contributed by atoms with Crippen LogP contribution in [0.2, 0.25) is 0 Å². The third kappa shape index (κ3) is 4.26. The Morgan fingerprint density at radius 1 is 1.35 bits per heavy atom. The molecular weight excluding hydrogens is 330 g/mol. The molecule has 0 saturated carbocycles. The van der Waals surface area contributed by atoms with E-state index in [1.807, 2.05) is 31.2 Å². The Hall–Kier alpha value is -1.53. The molecule has 4 nitrogen and oxygen atoms in total. The smallest absolute Gasteiger partial charge is 0.266 e. The van der Waals surface area contributed by atoms with E-state index in [9.17, 15) is 4.79 Å². The molecule has 1 aliphatic heterocycles. The first-order valence-electron chi connectivity index (χ1n) is 7.52. The van der Waals surface area contributed by atoms with Gasteiger partial charge in [-0.15, -0.1) is 0 Å². The van der Waals surface area contributed by atoms with Crippen LogP contribution in [0.15, 0.2) is 23.1 Å². The lowest BCUT2D eigenvalue weighted by atomic mass is 10.1. The van der Waals surface area contributed by atoms with Gasteiger partial charge in [-0.2, -0.15) is 0 Å². The van der Waals surface area contributed by atoms with Gasteiger partial charge in [0.15, 0.2) is 11.5 Å². The Labute approximate surface area is 146 Å². The fourth-order valence-corrected chi connectivity index (χ4v) is 3.46. The summed E-state index contributed by atoms with van der Waals surface area (Å²) in [5.74, 6) is 1.77. The molecule has 1 aromatic rings. The second kappa shape index (κ2) is 7.84. The van der Waals surface area contributed by atoms with Crippen molar-refractivity contribution in [3.63, 3.8) is 0 Å². The Bertz CT molecular complexity index is 641. The number of likely N-dealkylation sites (N-methyl/N-ethyl adjacent to an activating group) is 1. The molecule has 2 rings (SSSR count). The lowest BCUT2D eigenvalue weighted by Gasteiger charge is -2.13. The number of hydrogen-bond acceptors (Lipinski definition) is 5. The summed E-state index contributed by atoms with van der Waals surface area (Å²) < 4.78 is 11.7. The van der Waals surface area contributed by atoms with E-state index in [-0.39, 0.29) is 5.91 Å². The van der Waals surface area contributed by atoms with Gasteiger partial charge in [0.05, 0.1) is 18.6 Å². The summed E-state index contributed by atoms with van der Waals surface area (Å²) in [6, 6.07) is 5.65. The average molecular weight is 351 g/mol. The highest BCUT2D eigenvalue weighted by molar-refractivity contribution is 8.26. The molecule has 1 aliphatic rings. The van der Waals surface area contributed by atoms with E-state index in [0.717, 1.165) is 5.56 Å². The Balaban J connectivity index is 2.23. The molecule has 1 amide bonds. The molecule has 0 aromatic heterocycles. The summed E-state index contributed by atoms with van der Waals surface area (Å²) in [5, 5.41) is 0. The maximum Gasteiger partial charge on any atom is 0.266 e. The summed E-state index contributed by atoms with van der Waals surface area (Å²) >= 11 is 6.55. The molecule has 0 atom stereocenters. The minimum absolute atomic E-state index is 0.0402. The van der Waals surface area contributed by atoms with Crippen molar-refractivity contribution in [3.8, 4) is 11.5 Å². The fourth-order valence-electron chi connectivity index (χ4n) is 2.07. The van der Waals surface area contributed by atoms with Crippen molar-refractivity contribution in [1.82, 2.24) is 4.90 Å². The van der Waals surface area contributed by atoms with Crippen LogP contribution in [0.4, 0.5) is 0 Å². The van der Waals surface area contributed by atoms with Gasteiger partial charge >= 0.3 is 0 Å². The van der Waals surface area contributed by atoms with Crippen LogP contribution in [0, 0.1) is 5.92 Å². The highest BCUT2D eigenvalue weighted by atomic mass is 32.2. The fraction of sp³-hybridized carbons (Fsp3) is 0.412. The van der Waals surface area contributed by atoms with Crippen molar-refractivity contribution in [2.45, 2.75) is 20.8 Å². The van der Waals surface area contributed by atoms with Gasteiger partial charge in [-0.3, -0.25) is 9.69 Å². The van der Waals surface area contributed by atoms with E-state index in [1.165, 1.54) is 11.8 Å². The Kier molecular flexibility index (Phi) is 6.07. The van der Waals surface area contributed by atoms with E-state index in [2.05, 4.69) is 13.8 Å². The summed E-state index contributed by atoms with van der Waals surface area (Å²) in [4.78, 5) is 14.5. The Morgan fingerprint density at radius 2 is 2.09 bits per heavy atom. The van der Waals surface area contributed by atoms with Crippen molar-refractivity contribution in [3.05, 3.63) is 28.7 Å². The van der Waals surface area contributed by atoms with E-state index in [4.69, 9.17) is 21.7 Å². The molecule has 0 aliphatic carbocycles. The molecule has 6 heteroatoms. The minimum Gasteiger partial charge on any atom is -0.493 e. The number of rotatable bonds is 6. The number of methoxy groups -OCH3 is 1. The van der Waals surface area contributed by atoms with Gasteiger partial charge in [0.1, 0.15) is 4.32 Å². The highest BCUT2D eigenvalue weighted by Gasteiger charge is 2.30. The van der Waals surface area contributed by atoms with Gasteiger partial charge in [-0.05, 0) is 36.6 Å². The molecule has 0 N–H and O–H groups in total. The largest absolute Gasteiger partial charge is 0.493 e. The monoisotopic (exact) mass is 351 g/mol. The van der Waals surface area contributed by atoms with Crippen molar-refractivity contribution < 1.29 is 14.3 Å². The molecule has 1 aromatic carbocycles. The van der Waals surface area contributed by atoms with Crippen molar-refractivity contribution in [2.75, 3.05) is 20.3 Å². The zero-order valence-electron chi connectivity index (χ0n) is 13.8. The van der Waals surface area contributed by atoms with Crippen LogP contribution >= 0.6 is 24.0 Å². The van der Waals surface area contributed by atoms with Crippen molar-refractivity contribution in [1.29, 1.82) is 0 Å². The van der Waals surface area contributed by atoms with Gasteiger partial charge < -0.3 is 9.47 Å². The zero-order valence-corrected chi connectivity index (χ0v) is 15.4. The average Bonchev–Trinajstić information content (AvgIpc) is 2.79. The predicted octanol–water partition coefficient (Wildman–Crippen LogP) is 3.95. The highest BCUT2D eigenvalue weighted by Crippen LogP contribution is 2.34. The minimum atomic E-state index is -0.0402. The Morgan fingerprint density at radius 3 is 2.65 bits per heavy atom. The maximum absolute atomic E-state index is 12.2. The summed E-state index contributed by atoms with van der Waals surface area (Å²) in [6.07, 6.45) is 1.84. The number of benzene rings is 1. The number of hydrogen-bond donors (Lipinski definition) is 0. The lowest BCUT2D eigenvalue weighted by molar-refractivity contribution is -0.121. The number of thioether (sulfide) groups is 1. The molecule has 1 saturated heterocycles. The van der Waals surface area contributed by atoms with Gasteiger partial charge in [0.25, 0.3) is 5.91 Å². The van der Waals surface area contributed by atoms with E-state index in [0.29, 0.717) is 39.8 Å². The molecule has 0 bridgehead atoms. The first-order chi connectivity index (χ1) is 11.0. The number of carbonyl (C=O) groups excluding carboxylic acids is 1. The summed E-state index contributed by atoms with van der Waals surface area (Å²) in [5.41, 5.74) is 0.885. The topological polar surface area (TPSA) is 38.8 Å². The first kappa shape index (κ1) is 17.8. The van der Waals surface area contributed by atoms with Crippen LogP contribution in [-0.2, 0) is 4.79 Å². The van der Waals surface area contributed by atoms with E-state index in [1.54, 1.807) is 12.0 Å². The van der Waals surface area contributed by atoms with Gasteiger partial charge in [0.2, 0.25) is 0 Å². The molecule has 23 heavy (non-hydrogen) atoms. The van der Waals surface area contributed by atoms with Crippen molar-refractivity contribution >= 4 is 40.3 Å². The number of amides is 1. The SMILES string of the molecule is CCN1C(=O)/C(=C\c2ccc(OCC(C)C)c(OC)c2)SC1=S. The maximum atomic E-state index is 12.2. The second-order valence-electron chi connectivity index (χ2n) is 5.54. The predicted molar refractivity (Wildman–Crippen MR) is 98.9 cm³/mol. The van der Waals surface area contributed by atoms with Gasteiger partial charge in [-0.25, -0.2) is 0 Å². The van der Waals surface area contributed by atoms with Crippen LogP contribution in [0.3, 0.4) is 0 Å². The third-order valence-corrected chi connectivity index (χ3v) is 4.63. The van der Waals surface area contributed by atoms with Crippen LogP contribution in [0.5, 0.6) is 11.5 Å². The van der Waals surface area contributed by atoms with Crippen LogP contribution < -0.4 is 9.47 Å². The quantitative estimate of drug-likeness (QED) is 0.573. The molecule has 124 valence electrons. The lowest BCUT2D eigenvalue weighted by Crippen LogP contribution is -2.27. The van der Waals surface area contributed by atoms with Gasteiger partial charge in [-0.1, -0.05) is 43.9 Å². The molecule has 0 radical (unpaired) electrons. The van der Waals surface area contributed by atoms with E-state index < -0.39 is 0 Å². The number of carbonyl (C=O) groups is 1. The number of ether oxygens (including phenoxy) is 2. The van der Waals surface area contributed by atoms with Crippen LogP contribution in [-0.4, -0.2) is 35.4 Å². The first-order valence-corrected chi connectivity index (χ1v) is 8.75. The number of nitrogens with zero attached hydrogens (tertiary/aromatic N) is 1. The van der Waals surface area contributed by atoms with Crippen LogP contribution in [0.25, 0.3) is 6.08 Å². The van der Waals surface area contributed by atoms with Crippen molar-refractivity contribution in [2.24, 2.45) is 5.92 Å². The second-order valence-corrected chi connectivity index (χ2v) is 7.22.